The summed E-state index contributed by atoms with van der Waals surface area (Å²) in [6, 6.07) is 16.1. The summed E-state index contributed by atoms with van der Waals surface area (Å²) >= 11 is 0. The van der Waals surface area contributed by atoms with Crippen LogP contribution in [-0.4, -0.2) is 19.2 Å². The number of hydrogen-bond acceptors (Lipinski definition) is 4. The Labute approximate surface area is 158 Å². The van der Waals surface area contributed by atoms with E-state index in [-0.39, 0.29) is 0 Å². The van der Waals surface area contributed by atoms with Gasteiger partial charge >= 0.3 is 0 Å². The molecule has 4 heteroatoms. The highest BCUT2D eigenvalue weighted by Crippen LogP contribution is 2.36. The fraction of sp³-hybridized carbons (Fsp3) is 0.174. The first-order valence-corrected chi connectivity index (χ1v) is 8.79. The second kappa shape index (κ2) is 6.80. The molecule has 27 heavy (non-hydrogen) atoms. The van der Waals surface area contributed by atoms with Gasteiger partial charge in [-0.25, -0.2) is 0 Å². The van der Waals surface area contributed by atoms with Crippen LogP contribution < -0.4 is 9.47 Å². The molecule has 0 fully saturated rings. The number of pyridine rings is 1. The number of ether oxygens (including phenoxy) is 2. The summed E-state index contributed by atoms with van der Waals surface area (Å²) in [5.41, 5.74) is 6.86. The first-order chi connectivity index (χ1) is 13.1. The Morgan fingerprint density at radius 3 is 2.04 bits per heavy atom. The normalized spacial score (nSPS) is 11.0. The van der Waals surface area contributed by atoms with Crippen LogP contribution in [0.4, 0.5) is 0 Å². The van der Waals surface area contributed by atoms with Crippen LogP contribution in [0, 0.1) is 13.8 Å². The molecule has 4 rings (SSSR count). The van der Waals surface area contributed by atoms with Crippen molar-refractivity contribution in [1.29, 1.82) is 0 Å². The fourth-order valence-electron chi connectivity index (χ4n) is 3.39. The van der Waals surface area contributed by atoms with Gasteiger partial charge in [-0.05, 0) is 66.9 Å². The van der Waals surface area contributed by atoms with Crippen molar-refractivity contribution in [2.75, 3.05) is 14.2 Å². The molecule has 4 aromatic rings. The molecule has 0 atom stereocenters. The van der Waals surface area contributed by atoms with Gasteiger partial charge in [0.2, 0.25) is 0 Å². The quantitative estimate of drug-likeness (QED) is 0.462. The van der Waals surface area contributed by atoms with Gasteiger partial charge in [0, 0.05) is 23.4 Å². The van der Waals surface area contributed by atoms with Gasteiger partial charge in [-0.1, -0.05) is 6.07 Å². The molecule has 2 heterocycles. The lowest BCUT2D eigenvalue weighted by Gasteiger charge is -2.08. The zero-order valence-electron chi connectivity index (χ0n) is 15.9. The van der Waals surface area contributed by atoms with E-state index < -0.39 is 0 Å². The summed E-state index contributed by atoms with van der Waals surface area (Å²) in [6.07, 6.45) is 1.82. The summed E-state index contributed by atoms with van der Waals surface area (Å²) in [5, 5.41) is 0. The molecular weight excluding hydrogens is 338 g/mol. The molecule has 0 aliphatic rings. The van der Waals surface area contributed by atoms with E-state index in [0.29, 0.717) is 0 Å². The van der Waals surface area contributed by atoms with Crippen molar-refractivity contribution in [3.63, 3.8) is 0 Å². The van der Waals surface area contributed by atoms with E-state index in [9.17, 15) is 0 Å². The SMILES string of the molecule is COc1ccc(-c2cc3nccc(-c4ccc(OC)c(C)c4)c3o2)cc1C. The number of methoxy groups -OCH3 is 2. The van der Waals surface area contributed by atoms with Gasteiger partial charge in [0.05, 0.1) is 14.2 Å². The zero-order valence-corrected chi connectivity index (χ0v) is 15.9. The number of fused-ring (bicyclic) bond motifs is 1. The molecule has 136 valence electrons. The number of aromatic nitrogens is 1. The van der Waals surface area contributed by atoms with E-state index in [0.717, 1.165) is 56.2 Å². The minimum absolute atomic E-state index is 0.783. The highest BCUT2D eigenvalue weighted by Gasteiger charge is 2.14. The van der Waals surface area contributed by atoms with E-state index in [1.807, 2.05) is 56.4 Å². The van der Waals surface area contributed by atoms with Gasteiger partial charge in [-0.15, -0.1) is 0 Å². The molecule has 2 aromatic carbocycles. The third-order valence-electron chi connectivity index (χ3n) is 4.80. The zero-order chi connectivity index (χ0) is 19.0. The summed E-state index contributed by atoms with van der Waals surface area (Å²) in [5.74, 6) is 2.53. The maximum absolute atomic E-state index is 6.23. The summed E-state index contributed by atoms with van der Waals surface area (Å²) in [6.45, 7) is 4.06. The Bertz CT molecular complexity index is 1130. The monoisotopic (exact) mass is 359 g/mol. The summed E-state index contributed by atoms with van der Waals surface area (Å²) in [7, 11) is 3.36. The molecule has 0 aliphatic carbocycles. The van der Waals surface area contributed by atoms with Crippen LogP contribution in [0.1, 0.15) is 11.1 Å². The van der Waals surface area contributed by atoms with Crippen LogP contribution in [0.2, 0.25) is 0 Å². The lowest BCUT2D eigenvalue weighted by Crippen LogP contribution is -1.88. The Morgan fingerprint density at radius 1 is 0.778 bits per heavy atom. The number of furan rings is 1. The second-order valence-electron chi connectivity index (χ2n) is 6.55. The van der Waals surface area contributed by atoms with Crippen molar-refractivity contribution in [3.05, 3.63) is 65.9 Å². The van der Waals surface area contributed by atoms with E-state index in [1.165, 1.54) is 0 Å². The fourth-order valence-corrected chi connectivity index (χ4v) is 3.39. The Hall–Kier alpha value is -3.27. The summed E-state index contributed by atoms with van der Waals surface area (Å²) in [4.78, 5) is 4.48. The topological polar surface area (TPSA) is 44.5 Å². The van der Waals surface area contributed by atoms with Gasteiger partial charge in [-0.2, -0.15) is 0 Å². The third-order valence-corrected chi connectivity index (χ3v) is 4.80. The van der Waals surface area contributed by atoms with E-state index >= 15 is 0 Å². The minimum atomic E-state index is 0.783. The van der Waals surface area contributed by atoms with Gasteiger partial charge < -0.3 is 13.9 Å². The highest BCUT2D eigenvalue weighted by molar-refractivity contribution is 5.92. The highest BCUT2D eigenvalue weighted by atomic mass is 16.5. The smallest absolute Gasteiger partial charge is 0.161 e. The molecule has 2 aromatic heterocycles. The molecular formula is C23H21NO3. The van der Waals surface area contributed by atoms with Gasteiger partial charge in [0.1, 0.15) is 22.8 Å². The first kappa shape index (κ1) is 17.2. The van der Waals surface area contributed by atoms with Crippen LogP contribution in [0.5, 0.6) is 11.5 Å². The minimum Gasteiger partial charge on any atom is -0.496 e. The van der Waals surface area contributed by atoms with Crippen LogP contribution in [0.3, 0.4) is 0 Å². The molecule has 0 aliphatic heterocycles. The average molecular weight is 359 g/mol. The van der Waals surface area contributed by atoms with E-state index in [1.54, 1.807) is 14.2 Å². The van der Waals surface area contributed by atoms with Crippen molar-refractivity contribution in [2.45, 2.75) is 13.8 Å². The molecule has 4 nitrogen and oxygen atoms in total. The van der Waals surface area contributed by atoms with Gasteiger partial charge in [-0.3, -0.25) is 4.98 Å². The molecule has 0 radical (unpaired) electrons. The van der Waals surface area contributed by atoms with Gasteiger partial charge in [0.15, 0.2) is 5.58 Å². The predicted octanol–water partition coefficient (Wildman–Crippen LogP) is 5.80. The number of nitrogens with zero attached hydrogens (tertiary/aromatic N) is 1. The maximum atomic E-state index is 6.23. The van der Waals surface area contributed by atoms with E-state index in [4.69, 9.17) is 13.9 Å². The lowest BCUT2D eigenvalue weighted by molar-refractivity contribution is 0.411. The number of rotatable bonds is 4. The van der Waals surface area contributed by atoms with Crippen LogP contribution >= 0.6 is 0 Å². The average Bonchev–Trinajstić information content (AvgIpc) is 3.12. The molecule has 0 bridgehead atoms. The molecule has 0 spiro atoms. The predicted molar refractivity (Wildman–Crippen MR) is 107 cm³/mol. The standard InChI is InChI=1S/C23H21NO3/c1-14-11-16(5-7-20(14)25-3)18-9-10-24-19-13-22(27-23(18)19)17-6-8-21(26-4)15(2)12-17/h5-13H,1-4H3. The van der Waals surface area contributed by atoms with E-state index in [2.05, 4.69) is 17.1 Å². The van der Waals surface area contributed by atoms with Crippen molar-refractivity contribution in [1.82, 2.24) is 4.98 Å². The Balaban J connectivity index is 1.83. The molecule has 0 saturated heterocycles. The van der Waals surface area contributed by atoms with Crippen LogP contribution in [0.25, 0.3) is 33.6 Å². The molecule has 0 unspecified atom stereocenters. The maximum Gasteiger partial charge on any atom is 0.161 e. The largest absolute Gasteiger partial charge is 0.496 e. The molecule has 0 saturated carbocycles. The molecule has 0 amide bonds. The third kappa shape index (κ3) is 3.04. The second-order valence-corrected chi connectivity index (χ2v) is 6.55. The Morgan fingerprint density at radius 2 is 1.41 bits per heavy atom. The van der Waals surface area contributed by atoms with Crippen molar-refractivity contribution in [2.24, 2.45) is 0 Å². The first-order valence-electron chi connectivity index (χ1n) is 8.79. The van der Waals surface area contributed by atoms with Crippen molar-refractivity contribution in [3.8, 4) is 33.9 Å². The number of aryl methyl sites for hydroxylation is 2. The summed E-state index contributed by atoms with van der Waals surface area (Å²) < 4.78 is 16.9. The van der Waals surface area contributed by atoms with Crippen molar-refractivity contribution < 1.29 is 13.9 Å². The van der Waals surface area contributed by atoms with Gasteiger partial charge in [0.25, 0.3) is 0 Å². The van der Waals surface area contributed by atoms with Crippen molar-refractivity contribution >= 4 is 11.1 Å². The van der Waals surface area contributed by atoms with Crippen LogP contribution in [0.15, 0.2) is 59.1 Å². The van der Waals surface area contributed by atoms with Crippen LogP contribution in [-0.2, 0) is 0 Å². The number of hydrogen-bond donors (Lipinski definition) is 0. The number of benzene rings is 2. The Kier molecular flexibility index (Phi) is 4.32. The lowest BCUT2D eigenvalue weighted by atomic mass is 10.0. The molecule has 0 N–H and O–H groups in total.